The van der Waals surface area contributed by atoms with Crippen molar-refractivity contribution < 1.29 is 18.0 Å². The second kappa shape index (κ2) is 7.22. The van der Waals surface area contributed by atoms with Crippen LogP contribution in [0.25, 0.3) is 0 Å². The van der Waals surface area contributed by atoms with Crippen LogP contribution in [0, 0.1) is 6.92 Å². The van der Waals surface area contributed by atoms with Gasteiger partial charge in [0.15, 0.2) is 5.16 Å². The summed E-state index contributed by atoms with van der Waals surface area (Å²) < 4.78 is 38.7. The summed E-state index contributed by atoms with van der Waals surface area (Å²) in [5, 5.41) is 9.54. The SMILES string of the molecule is Cc1nnc(SCC(=O)Nc2cc(Cl)ccc2C(F)(F)F)[nH]c1=O. The number of nitrogens with zero attached hydrogens (tertiary/aromatic N) is 2. The van der Waals surface area contributed by atoms with Gasteiger partial charge in [-0.1, -0.05) is 23.4 Å². The summed E-state index contributed by atoms with van der Waals surface area (Å²) >= 11 is 6.51. The molecule has 2 rings (SSSR count). The van der Waals surface area contributed by atoms with Gasteiger partial charge in [-0.15, -0.1) is 10.2 Å². The van der Waals surface area contributed by atoms with Gasteiger partial charge in [0.2, 0.25) is 5.91 Å². The molecule has 0 bridgehead atoms. The van der Waals surface area contributed by atoms with E-state index in [-0.39, 0.29) is 21.6 Å². The van der Waals surface area contributed by atoms with Crippen molar-refractivity contribution in [1.29, 1.82) is 0 Å². The first kappa shape index (κ1) is 18.3. The van der Waals surface area contributed by atoms with Crippen LogP contribution in [0.3, 0.4) is 0 Å². The molecule has 24 heavy (non-hydrogen) atoms. The topological polar surface area (TPSA) is 87.7 Å². The average molecular weight is 379 g/mol. The van der Waals surface area contributed by atoms with E-state index in [1.807, 2.05) is 0 Å². The monoisotopic (exact) mass is 378 g/mol. The molecule has 2 N–H and O–H groups in total. The molecule has 1 aromatic carbocycles. The van der Waals surface area contributed by atoms with Crippen LogP contribution >= 0.6 is 23.4 Å². The zero-order valence-corrected chi connectivity index (χ0v) is 13.6. The second-order valence-electron chi connectivity index (χ2n) is 4.57. The zero-order chi connectivity index (χ0) is 17.9. The number of amides is 1. The molecule has 2 aromatic rings. The van der Waals surface area contributed by atoms with Gasteiger partial charge in [-0.3, -0.25) is 14.6 Å². The number of carbonyl (C=O) groups is 1. The molecule has 0 aliphatic carbocycles. The standard InChI is InChI=1S/C13H10ClF3N4O2S/c1-6-11(23)19-12(21-20-6)24-5-10(22)18-9-4-7(14)2-3-8(9)13(15,16)17/h2-4H,5H2,1H3,(H,18,22)(H,19,21,23). The molecule has 1 amide bonds. The van der Waals surface area contributed by atoms with Crippen molar-refractivity contribution in [2.75, 3.05) is 11.1 Å². The van der Waals surface area contributed by atoms with Crippen LogP contribution in [0.5, 0.6) is 0 Å². The molecule has 6 nitrogen and oxygen atoms in total. The van der Waals surface area contributed by atoms with Crippen molar-refractivity contribution >= 4 is 35.0 Å². The van der Waals surface area contributed by atoms with Crippen molar-refractivity contribution in [3.05, 3.63) is 44.8 Å². The number of benzene rings is 1. The number of halogens is 4. The smallest absolute Gasteiger partial charge is 0.325 e. The summed E-state index contributed by atoms with van der Waals surface area (Å²) in [4.78, 5) is 25.6. The number of rotatable bonds is 4. The normalized spacial score (nSPS) is 11.4. The number of alkyl halides is 3. The molecule has 0 spiro atoms. The van der Waals surface area contributed by atoms with Crippen LogP contribution in [0.4, 0.5) is 18.9 Å². The van der Waals surface area contributed by atoms with Crippen LogP contribution in [0.2, 0.25) is 5.02 Å². The molecule has 0 atom stereocenters. The highest BCUT2D eigenvalue weighted by molar-refractivity contribution is 7.99. The summed E-state index contributed by atoms with van der Waals surface area (Å²) in [6.45, 7) is 1.46. The molecular weight excluding hydrogens is 369 g/mol. The first-order valence-electron chi connectivity index (χ1n) is 6.40. The van der Waals surface area contributed by atoms with Crippen molar-refractivity contribution in [2.45, 2.75) is 18.3 Å². The van der Waals surface area contributed by atoms with Gasteiger partial charge in [-0.05, 0) is 25.1 Å². The lowest BCUT2D eigenvalue weighted by molar-refractivity contribution is -0.137. The molecular formula is C13H10ClF3N4O2S. The van der Waals surface area contributed by atoms with Crippen molar-refractivity contribution in [3.8, 4) is 0 Å². The lowest BCUT2D eigenvalue weighted by Gasteiger charge is -2.14. The van der Waals surface area contributed by atoms with Crippen LogP contribution in [-0.2, 0) is 11.0 Å². The van der Waals surface area contributed by atoms with Gasteiger partial charge in [-0.25, -0.2) is 0 Å². The maximum absolute atomic E-state index is 12.9. The molecule has 0 saturated carbocycles. The van der Waals surface area contributed by atoms with E-state index >= 15 is 0 Å². The highest BCUT2D eigenvalue weighted by atomic mass is 35.5. The number of aromatic amines is 1. The number of carbonyl (C=O) groups excluding carboxylic acids is 1. The second-order valence-corrected chi connectivity index (χ2v) is 5.97. The van der Waals surface area contributed by atoms with E-state index in [0.717, 1.165) is 30.0 Å². The summed E-state index contributed by atoms with van der Waals surface area (Å²) in [6, 6.07) is 2.88. The molecule has 0 saturated heterocycles. The molecule has 0 aliphatic heterocycles. The van der Waals surface area contributed by atoms with Gasteiger partial charge in [0.25, 0.3) is 5.56 Å². The first-order valence-corrected chi connectivity index (χ1v) is 7.76. The van der Waals surface area contributed by atoms with Crippen LogP contribution in [-0.4, -0.2) is 26.8 Å². The van der Waals surface area contributed by atoms with E-state index < -0.39 is 28.9 Å². The minimum atomic E-state index is -4.63. The number of nitrogens with one attached hydrogen (secondary N) is 2. The Morgan fingerprint density at radius 1 is 1.38 bits per heavy atom. The third-order valence-corrected chi connectivity index (χ3v) is 3.84. The average Bonchev–Trinajstić information content (AvgIpc) is 2.47. The Hall–Kier alpha value is -2.07. The number of hydrogen-bond acceptors (Lipinski definition) is 5. The summed E-state index contributed by atoms with van der Waals surface area (Å²) in [5.41, 5.74) is -1.74. The number of aromatic nitrogens is 3. The van der Waals surface area contributed by atoms with Crippen molar-refractivity contribution in [3.63, 3.8) is 0 Å². The van der Waals surface area contributed by atoms with Crippen molar-refractivity contribution in [1.82, 2.24) is 15.2 Å². The maximum Gasteiger partial charge on any atom is 0.418 e. The Bertz CT molecular complexity index is 826. The Morgan fingerprint density at radius 2 is 2.08 bits per heavy atom. The van der Waals surface area contributed by atoms with E-state index in [2.05, 4.69) is 20.5 Å². The number of H-pyrrole nitrogens is 1. The molecule has 11 heteroatoms. The zero-order valence-electron chi connectivity index (χ0n) is 12.1. The first-order chi connectivity index (χ1) is 11.2. The number of thioether (sulfide) groups is 1. The summed E-state index contributed by atoms with van der Waals surface area (Å²) in [6.07, 6.45) is -4.63. The Kier molecular flexibility index (Phi) is 5.50. The van der Waals surface area contributed by atoms with Gasteiger partial charge in [0.1, 0.15) is 5.69 Å². The third-order valence-electron chi connectivity index (χ3n) is 2.74. The molecule has 0 radical (unpaired) electrons. The van der Waals surface area contributed by atoms with Crippen LogP contribution in [0.15, 0.2) is 28.2 Å². The fourth-order valence-electron chi connectivity index (χ4n) is 1.63. The van der Waals surface area contributed by atoms with E-state index in [1.54, 1.807) is 0 Å². The highest BCUT2D eigenvalue weighted by Crippen LogP contribution is 2.36. The lowest BCUT2D eigenvalue weighted by Crippen LogP contribution is -2.19. The number of anilines is 1. The van der Waals surface area contributed by atoms with Gasteiger partial charge < -0.3 is 5.32 Å². The van der Waals surface area contributed by atoms with Gasteiger partial charge in [0.05, 0.1) is 17.0 Å². The molecule has 0 unspecified atom stereocenters. The number of hydrogen-bond donors (Lipinski definition) is 2. The molecule has 1 aromatic heterocycles. The predicted octanol–water partition coefficient (Wildman–Crippen LogP) is 2.88. The minimum absolute atomic E-state index is 0.0553. The lowest BCUT2D eigenvalue weighted by atomic mass is 10.1. The quantitative estimate of drug-likeness (QED) is 0.799. The van der Waals surface area contributed by atoms with E-state index in [9.17, 15) is 22.8 Å². The molecule has 0 fully saturated rings. The summed E-state index contributed by atoms with van der Waals surface area (Å²) in [7, 11) is 0. The largest absolute Gasteiger partial charge is 0.418 e. The van der Waals surface area contributed by atoms with Gasteiger partial charge in [0, 0.05) is 5.02 Å². The molecule has 128 valence electrons. The van der Waals surface area contributed by atoms with Crippen LogP contribution in [0.1, 0.15) is 11.3 Å². The van der Waals surface area contributed by atoms with Gasteiger partial charge >= 0.3 is 6.18 Å². The van der Waals surface area contributed by atoms with Crippen LogP contribution < -0.4 is 10.9 Å². The van der Waals surface area contributed by atoms with Crippen molar-refractivity contribution in [2.24, 2.45) is 0 Å². The highest BCUT2D eigenvalue weighted by Gasteiger charge is 2.34. The van der Waals surface area contributed by atoms with E-state index in [0.29, 0.717) is 0 Å². The fraction of sp³-hybridized carbons (Fsp3) is 0.231. The number of aryl methyl sites for hydroxylation is 1. The fourth-order valence-corrected chi connectivity index (χ4v) is 2.41. The summed E-state index contributed by atoms with van der Waals surface area (Å²) in [5.74, 6) is -0.978. The molecule has 1 heterocycles. The minimum Gasteiger partial charge on any atom is -0.325 e. The Labute approximate surface area is 142 Å². The third kappa shape index (κ3) is 4.71. The predicted molar refractivity (Wildman–Crippen MR) is 83.2 cm³/mol. The maximum atomic E-state index is 12.9. The van der Waals surface area contributed by atoms with Gasteiger partial charge in [-0.2, -0.15) is 13.2 Å². The Balaban J connectivity index is 2.08. The van der Waals surface area contributed by atoms with E-state index in [1.165, 1.54) is 6.92 Å². The molecule has 0 aliphatic rings. The van der Waals surface area contributed by atoms with E-state index in [4.69, 9.17) is 11.6 Å². The Morgan fingerprint density at radius 3 is 2.71 bits per heavy atom.